The SMILES string of the molecule is COc1ccccc1NC(=O)O[C@@H]1[C@@H](N(C)C)C2=C[C@@H](OC2=O)[C@@H]2C(C)C(=O)O[C@H]2C[C@]2(C)O[C@@H]12. The highest BCUT2D eigenvalue weighted by Gasteiger charge is 2.65. The molecule has 2 fully saturated rings. The normalized spacial score (nSPS) is 37.4. The fourth-order valence-electron chi connectivity index (χ4n) is 5.65. The summed E-state index contributed by atoms with van der Waals surface area (Å²) in [5.74, 6) is -1.04. The number of anilines is 1. The number of esters is 2. The fraction of sp³-hybridized carbons (Fsp3) is 0.560. The molecule has 1 aliphatic carbocycles. The summed E-state index contributed by atoms with van der Waals surface area (Å²) in [6.07, 6.45) is -0.962. The van der Waals surface area contributed by atoms with Crippen molar-refractivity contribution in [2.24, 2.45) is 11.8 Å². The van der Waals surface area contributed by atoms with Crippen molar-refractivity contribution in [1.82, 2.24) is 4.90 Å². The lowest BCUT2D eigenvalue weighted by Crippen LogP contribution is -2.49. The van der Waals surface area contributed by atoms with E-state index in [1.165, 1.54) is 7.11 Å². The molecule has 10 heteroatoms. The summed E-state index contributed by atoms with van der Waals surface area (Å²) in [6.45, 7) is 3.71. The first-order valence-corrected chi connectivity index (χ1v) is 11.7. The number of rotatable bonds is 4. The van der Waals surface area contributed by atoms with Gasteiger partial charge in [-0.15, -0.1) is 0 Å². The van der Waals surface area contributed by atoms with Crippen LogP contribution in [-0.4, -0.2) is 80.2 Å². The number of carbonyl (C=O) groups excluding carboxylic acids is 3. The van der Waals surface area contributed by atoms with Gasteiger partial charge in [-0.1, -0.05) is 19.1 Å². The minimum absolute atomic E-state index is 0.306. The second kappa shape index (κ2) is 8.53. The molecule has 35 heavy (non-hydrogen) atoms. The Morgan fingerprint density at radius 3 is 2.66 bits per heavy atom. The van der Waals surface area contributed by atoms with E-state index in [0.717, 1.165) is 0 Å². The molecule has 4 aliphatic rings. The van der Waals surface area contributed by atoms with Gasteiger partial charge in [0.25, 0.3) is 0 Å². The third kappa shape index (κ3) is 4.04. The van der Waals surface area contributed by atoms with Gasteiger partial charge in [0.15, 0.2) is 6.10 Å². The molecule has 1 N–H and O–H groups in total. The van der Waals surface area contributed by atoms with Gasteiger partial charge in [0.2, 0.25) is 0 Å². The maximum absolute atomic E-state index is 13.0. The third-order valence-corrected chi connectivity index (χ3v) is 7.47. The number of nitrogens with zero attached hydrogens (tertiary/aromatic N) is 1. The predicted octanol–water partition coefficient (Wildman–Crippen LogP) is 2.13. The van der Waals surface area contributed by atoms with Gasteiger partial charge >= 0.3 is 18.0 Å². The van der Waals surface area contributed by atoms with Gasteiger partial charge in [-0.25, -0.2) is 9.59 Å². The average Bonchev–Trinajstić information content (AvgIpc) is 3.20. The smallest absolute Gasteiger partial charge is 0.412 e. The van der Waals surface area contributed by atoms with Crippen molar-refractivity contribution in [3.63, 3.8) is 0 Å². The number of fused-ring (bicyclic) bond motifs is 4. The molecule has 10 nitrogen and oxygen atoms in total. The van der Waals surface area contributed by atoms with Crippen LogP contribution in [0.2, 0.25) is 0 Å². The lowest BCUT2D eigenvalue weighted by atomic mass is 9.79. The van der Waals surface area contributed by atoms with Crippen molar-refractivity contribution in [3.05, 3.63) is 35.9 Å². The van der Waals surface area contributed by atoms with E-state index in [-0.39, 0.29) is 11.9 Å². The van der Waals surface area contributed by atoms with Crippen molar-refractivity contribution < 1.29 is 38.1 Å². The third-order valence-electron chi connectivity index (χ3n) is 7.47. The van der Waals surface area contributed by atoms with Gasteiger partial charge in [0.1, 0.15) is 24.1 Å². The van der Waals surface area contributed by atoms with Crippen LogP contribution in [0.5, 0.6) is 5.75 Å². The Morgan fingerprint density at radius 2 is 1.94 bits per heavy atom. The van der Waals surface area contributed by atoms with Gasteiger partial charge in [0.05, 0.1) is 35.9 Å². The summed E-state index contributed by atoms with van der Waals surface area (Å²) in [4.78, 5) is 40.3. The van der Waals surface area contributed by atoms with E-state index in [2.05, 4.69) is 5.32 Å². The second-order valence-electron chi connectivity index (χ2n) is 9.99. The molecule has 5 rings (SSSR count). The summed E-state index contributed by atoms with van der Waals surface area (Å²) >= 11 is 0. The van der Waals surface area contributed by atoms with E-state index in [0.29, 0.717) is 23.4 Å². The number of hydrogen-bond donors (Lipinski definition) is 1. The Balaban J connectivity index is 1.48. The number of likely N-dealkylation sites (N-methyl/N-ethyl adjacent to an activating group) is 1. The highest BCUT2D eigenvalue weighted by atomic mass is 16.7. The molecule has 1 amide bonds. The first-order valence-electron chi connectivity index (χ1n) is 11.7. The summed E-state index contributed by atoms with van der Waals surface area (Å²) in [7, 11) is 5.12. The molecule has 2 saturated heterocycles. The monoisotopic (exact) mass is 486 g/mol. The second-order valence-corrected chi connectivity index (χ2v) is 9.99. The van der Waals surface area contributed by atoms with Crippen molar-refractivity contribution in [1.29, 1.82) is 0 Å². The van der Waals surface area contributed by atoms with Crippen LogP contribution in [0.15, 0.2) is 35.9 Å². The number of carbonyl (C=O) groups is 3. The number of nitrogens with one attached hydrogen (secondary N) is 1. The average molecular weight is 487 g/mol. The van der Waals surface area contributed by atoms with E-state index in [9.17, 15) is 14.4 Å². The van der Waals surface area contributed by atoms with Crippen LogP contribution in [0, 0.1) is 11.8 Å². The van der Waals surface area contributed by atoms with Crippen LogP contribution < -0.4 is 10.1 Å². The first kappa shape index (κ1) is 23.6. The van der Waals surface area contributed by atoms with Gasteiger partial charge in [-0.05, 0) is 39.2 Å². The Labute approximate surface area is 203 Å². The van der Waals surface area contributed by atoms with E-state index in [1.807, 2.05) is 11.8 Å². The zero-order valence-electron chi connectivity index (χ0n) is 20.3. The summed E-state index contributed by atoms with van der Waals surface area (Å²) in [5, 5.41) is 2.72. The summed E-state index contributed by atoms with van der Waals surface area (Å²) < 4.78 is 28.8. The van der Waals surface area contributed by atoms with Crippen molar-refractivity contribution in [2.75, 3.05) is 26.5 Å². The highest BCUT2D eigenvalue weighted by molar-refractivity contribution is 5.93. The van der Waals surface area contributed by atoms with Crippen LogP contribution >= 0.6 is 0 Å². The predicted molar refractivity (Wildman–Crippen MR) is 123 cm³/mol. The Kier molecular flexibility index (Phi) is 5.76. The van der Waals surface area contributed by atoms with E-state index in [4.69, 9.17) is 23.7 Å². The topological polar surface area (TPSA) is 116 Å². The van der Waals surface area contributed by atoms with Gasteiger partial charge in [-0.2, -0.15) is 0 Å². The zero-order chi connectivity index (χ0) is 25.1. The van der Waals surface area contributed by atoms with Crippen molar-refractivity contribution >= 4 is 23.7 Å². The molecule has 0 radical (unpaired) electrons. The first-order chi connectivity index (χ1) is 16.6. The maximum Gasteiger partial charge on any atom is 0.412 e. The molecule has 188 valence electrons. The molecule has 3 heterocycles. The number of hydrogen-bond acceptors (Lipinski definition) is 9. The molecule has 2 bridgehead atoms. The minimum atomic E-state index is -0.826. The molecule has 0 aromatic heterocycles. The number of methoxy groups -OCH3 is 1. The standard InChI is InChI=1S/C25H30N2O8/c1-12-18-16-10-13(23(29)32-16)19(27(3)4)20(21-25(2,35-21)11-17(18)33-22(12)28)34-24(30)26-14-8-6-7-9-15(14)31-5/h6-10,12,16-21H,11H2,1-5H3,(H,26,30)/t12?,16-,17+,18+,19+,20-,21+,25+/m1/s1. The van der Waals surface area contributed by atoms with E-state index >= 15 is 0 Å². The van der Waals surface area contributed by atoms with E-state index in [1.54, 1.807) is 51.4 Å². The van der Waals surface area contributed by atoms with Gasteiger partial charge in [-0.3, -0.25) is 15.0 Å². The molecule has 1 aromatic rings. The molecule has 0 spiro atoms. The summed E-state index contributed by atoms with van der Waals surface area (Å²) in [5.41, 5.74) is 0.132. The molecule has 1 aromatic carbocycles. The molecule has 1 unspecified atom stereocenters. The number of benzene rings is 1. The fourth-order valence-corrected chi connectivity index (χ4v) is 5.65. The number of amides is 1. The Morgan fingerprint density at radius 1 is 1.20 bits per heavy atom. The van der Waals surface area contributed by atoms with Crippen LogP contribution in [0.3, 0.4) is 0 Å². The van der Waals surface area contributed by atoms with Crippen LogP contribution in [0.4, 0.5) is 10.5 Å². The lowest BCUT2D eigenvalue weighted by molar-refractivity contribution is -0.144. The van der Waals surface area contributed by atoms with Crippen LogP contribution in [-0.2, 0) is 28.5 Å². The Bertz CT molecular complexity index is 1090. The van der Waals surface area contributed by atoms with Gasteiger partial charge < -0.3 is 23.7 Å². The molecular weight excluding hydrogens is 456 g/mol. The Hall–Kier alpha value is -3.11. The van der Waals surface area contributed by atoms with Crippen molar-refractivity contribution in [2.45, 2.75) is 56.3 Å². The summed E-state index contributed by atoms with van der Waals surface area (Å²) in [6, 6.07) is 6.37. The number of epoxide rings is 1. The van der Waals surface area contributed by atoms with Crippen molar-refractivity contribution in [3.8, 4) is 5.75 Å². The lowest BCUT2D eigenvalue weighted by Gasteiger charge is -2.32. The maximum atomic E-state index is 13.0. The minimum Gasteiger partial charge on any atom is -0.495 e. The van der Waals surface area contributed by atoms with Gasteiger partial charge in [0, 0.05) is 12.3 Å². The van der Waals surface area contributed by atoms with E-state index < -0.39 is 54.0 Å². The zero-order valence-corrected chi connectivity index (χ0v) is 20.3. The van der Waals surface area contributed by atoms with Crippen LogP contribution in [0.25, 0.3) is 0 Å². The number of ether oxygens (including phenoxy) is 5. The highest BCUT2D eigenvalue weighted by Crippen LogP contribution is 2.51. The molecule has 8 atom stereocenters. The number of para-hydroxylation sites is 2. The largest absolute Gasteiger partial charge is 0.495 e. The van der Waals surface area contributed by atoms with Crippen LogP contribution in [0.1, 0.15) is 20.3 Å². The molecule has 3 aliphatic heterocycles. The molecular formula is C25H30N2O8. The molecule has 0 saturated carbocycles. The quantitative estimate of drug-likeness (QED) is 0.388.